The van der Waals surface area contributed by atoms with Crippen LogP contribution >= 0.6 is 15.9 Å². The number of nitrogens with one attached hydrogen (secondary N) is 2. The summed E-state index contributed by atoms with van der Waals surface area (Å²) in [6.07, 6.45) is 4.23. The molecule has 2 fully saturated rings. The van der Waals surface area contributed by atoms with Gasteiger partial charge in [-0.1, -0.05) is 0 Å². The largest absolute Gasteiger partial charge is 0.368 e. The first-order chi connectivity index (χ1) is 19.0. The number of hydrogen-bond donors (Lipinski definition) is 2. The van der Waals surface area contributed by atoms with Crippen molar-refractivity contribution in [1.82, 2.24) is 30.0 Å². The molecule has 10 nitrogen and oxygen atoms in total. The maximum absolute atomic E-state index is 13.0. The van der Waals surface area contributed by atoms with E-state index in [4.69, 9.17) is 0 Å². The number of piperazine rings is 1. The average Bonchev–Trinajstić information content (AvgIpc) is 3.60. The molecule has 6 rings (SSSR count). The van der Waals surface area contributed by atoms with Crippen LogP contribution in [0.2, 0.25) is 0 Å². The predicted molar refractivity (Wildman–Crippen MR) is 153 cm³/mol. The number of likely N-dealkylation sites (tertiary alicyclic amines) is 1. The van der Waals surface area contributed by atoms with E-state index >= 15 is 0 Å². The Morgan fingerprint density at radius 3 is 2.54 bits per heavy atom. The van der Waals surface area contributed by atoms with Gasteiger partial charge in [0, 0.05) is 67.4 Å². The summed E-state index contributed by atoms with van der Waals surface area (Å²) < 4.78 is 0.719. The molecule has 0 aliphatic carbocycles. The topological polar surface area (TPSA) is 110 Å². The summed E-state index contributed by atoms with van der Waals surface area (Å²) >= 11 is 3.42. The Hall–Kier alpha value is -3.83. The number of halogens is 1. The van der Waals surface area contributed by atoms with Gasteiger partial charge in [-0.05, 0) is 77.4 Å². The third-order valence-corrected chi connectivity index (χ3v) is 8.08. The fourth-order valence-electron chi connectivity index (χ4n) is 5.27. The standard InChI is InChI=1S/C28H29BrN8O2/c29-26-23-16-21(4-7-24(23)33-34-26)32-28(39)20-8-11-35(17-20)18-25(38)37-14-12-36(13-15-37)22-5-2-19(3-6-22)27-30-9-1-10-31-27/h1-7,9-10,16,20H,8,11-15,17-18H2,(H,32,39)(H,33,34)/t20-/m1/s1. The second kappa shape index (κ2) is 11.1. The first-order valence-electron chi connectivity index (χ1n) is 13.1. The summed E-state index contributed by atoms with van der Waals surface area (Å²) in [5.74, 6) is 0.692. The molecule has 39 heavy (non-hydrogen) atoms. The first kappa shape index (κ1) is 25.4. The lowest BCUT2D eigenvalue weighted by Gasteiger charge is -2.36. The van der Waals surface area contributed by atoms with Crippen LogP contribution in [0.25, 0.3) is 22.3 Å². The number of fused-ring (bicyclic) bond motifs is 1. The monoisotopic (exact) mass is 588 g/mol. The summed E-state index contributed by atoms with van der Waals surface area (Å²) in [6, 6.07) is 15.7. The van der Waals surface area contributed by atoms with Crippen LogP contribution in [0.5, 0.6) is 0 Å². The molecule has 4 heterocycles. The van der Waals surface area contributed by atoms with E-state index in [0.29, 0.717) is 32.0 Å². The van der Waals surface area contributed by atoms with Crippen LogP contribution in [-0.4, -0.2) is 87.6 Å². The van der Waals surface area contributed by atoms with Crippen molar-refractivity contribution in [1.29, 1.82) is 0 Å². The highest BCUT2D eigenvalue weighted by atomic mass is 79.9. The van der Waals surface area contributed by atoms with E-state index in [1.54, 1.807) is 12.4 Å². The molecule has 1 atom stereocenters. The fourth-order valence-corrected chi connectivity index (χ4v) is 5.69. The highest BCUT2D eigenvalue weighted by Gasteiger charge is 2.31. The summed E-state index contributed by atoms with van der Waals surface area (Å²) in [5, 5.41) is 11.0. The van der Waals surface area contributed by atoms with E-state index in [0.717, 1.165) is 58.5 Å². The van der Waals surface area contributed by atoms with Crippen LogP contribution in [0, 0.1) is 5.92 Å². The lowest BCUT2D eigenvalue weighted by atomic mass is 10.1. The van der Waals surface area contributed by atoms with Gasteiger partial charge >= 0.3 is 0 Å². The number of carbonyl (C=O) groups excluding carboxylic acids is 2. The lowest BCUT2D eigenvalue weighted by Crippen LogP contribution is -2.51. The van der Waals surface area contributed by atoms with Crippen LogP contribution < -0.4 is 10.2 Å². The van der Waals surface area contributed by atoms with Crippen molar-refractivity contribution in [2.45, 2.75) is 6.42 Å². The normalized spacial score (nSPS) is 18.0. The van der Waals surface area contributed by atoms with E-state index in [9.17, 15) is 9.59 Å². The second-order valence-corrected chi connectivity index (χ2v) is 10.7. The van der Waals surface area contributed by atoms with Crippen LogP contribution in [-0.2, 0) is 9.59 Å². The van der Waals surface area contributed by atoms with Gasteiger partial charge in [-0.15, -0.1) is 0 Å². The third kappa shape index (κ3) is 5.64. The summed E-state index contributed by atoms with van der Waals surface area (Å²) in [4.78, 5) is 40.9. The van der Waals surface area contributed by atoms with E-state index in [1.165, 1.54) is 0 Å². The van der Waals surface area contributed by atoms with Crippen molar-refractivity contribution < 1.29 is 9.59 Å². The Bertz CT molecular complexity index is 1470. The van der Waals surface area contributed by atoms with Crippen molar-refractivity contribution in [3.05, 3.63) is 65.5 Å². The fraction of sp³-hybridized carbons (Fsp3) is 0.321. The number of nitrogens with zero attached hydrogens (tertiary/aromatic N) is 6. The molecular formula is C28H29BrN8O2. The number of anilines is 2. The summed E-state index contributed by atoms with van der Waals surface area (Å²) in [7, 11) is 0. The van der Waals surface area contributed by atoms with E-state index < -0.39 is 0 Å². The number of amides is 2. The molecule has 11 heteroatoms. The SMILES string of the molecule is O=C(Nc1ccc2[nH]nc(Br)c2c1)[C@@H]1CCN(CC(=O)N2CCN(c3ccc(-c4ncccn4)cc3)CC2)C1. The molecule has 2 aromatic carbocycles. The summed E-state index contributed by atoms with van der Waals surface area (Å²) in [6.45, 7) is 4.63. The molecule has 4 aromatic rings. The molecule has 2 aliphatic rings. The number of aromatic amines is 1. The predicted octanol–water partition coefficient (Wildman–Crippen LogP) is 3.39. The molecule has 0 saturated carbocycles. The van der Waals surface area contributed by atoms with E-state index in [1.807, 2.05) is 41.3 Å². The van der Waals surface area contributed by atoms with Crippen molar-refractivity contribution in [2.75, 3.05) is 56.0 Å². The number of hydrogen-bond acceptors (Lipinski definition) is 7. The maximum Gasteiger partial charge on any atom is 0.236 e. The Labute approximate surface area is 234 Å². The van der Waals surface area contributed by atoms with Crippen LogP contribution in [0.3, 0.4) is 0 Å². The van der Waals surface area contributed by atoms with Crippen molar-refractivity contribution in [3.8, 4) is 11.4 Å². The zero-order chi connectivity index (χ0) is 26.8. The smallest absolute Gasteiger partial charge is 0.236 e. The molecular weight excluding hydrogens is 560 g/mol. The van der Waals surface area contributed by atoms with Crippen LogP contribution in [0.15, 0.2) is 65.5 Å². The van der Waals surface area contributed by atoms with E-state index in [-0.39, 0.29) is 17.7 Å². The van der Waals surface area contributed by atoms with Gasteiger partial charge < -0.3 is 15.1 Å². The Balaban J connectivity index is 0.969. The highest BCUT2D eigenvalue weighted by Crippen LogP contribution is 2.26. The first-order valence-corrected chi connectivity index (χ1v) is 13.9. The minimum atomic E-state index is -0.137. The molecule has 2 aliphatic heterocycles. The Morgan fingerprint density at radius 1 is 1.00 bits per heavy atom. The minimum Gasteiger partial charge on any atom is -0.368 e. The average molecular weight is 589 g/mol. The van der Waals surface area contributed by atoms with Crippen molar-refractivity contribution >= 4 is 50.0 Å². The number of aromatic nitrogens is 4. The number of rotatable bonds is 6. The van der Waals surface area contributed by atoms with Crippen molar-refractivity contribution in [3.63, 3.8) is 0 Å². The molecule has 2 N–H and O–H groups in total. The van der Waals surface area contributed by atoms with Crippen LogP contribution in [0.4, 0.5) is 11.4 Å². The molecule has 0 unspecified atom stereocenters. The molecule has 200 valence electrons. The van der Waals surface area contributed by atoms with Gasteiger partial charge in [0.2, 0.25) is 11.8 Å². The summed E-state index contributed by atoms with van der Waals surface area (Å²) in [5.41, 5.74) is 3.76. The quantitative estimate of drug-likeness (QED) is 0.355. The molecule has 2 aromatic heterocycles. The third-order valence-electron chi connectivity index (χ3n) is 7.47. The Morgan fingerprint density at radius 2 is 1.77 bits per heavy atom. The lowest BCUT2D eigenvalue weighted by molar-refractivity contribution is -0.132. The second-order valence-electron chi connectivity index (χ2n) is 9.97. The zero-order valence-corrected chi connectivity index (χ0v) is 23.0. The van der Waals surface area contributed by atoms with Gasteiger partial charge in [0.05, 0.1) is 18.0 Å². The highest BCUT2D eigenvalue weighted by molar-refractivity contribution is 9.10. The number of carbonyl (C=O) groups is 2. The zero-order valence-electron chi connectivity index (χ0n) is 21.4. The van der Waals surface area contributed by atoms with Gasteiger partial charge in [-0.2, -0.15) is 5.10 Å². The maximum atomic E-state index is 13.0. The molecule has 0 radical (unpaired) electrons. The van der Waals surface area contributed by atoms with Gasteiger partial charge in [-0.25, -0.2) is 9.97 Å². The van der Waals surface area contributed by atoms with Gasteiger partial charge in [-0.3, -0.25) is 19.6 Å². The number of H-pyrrole nitrogens is 1. The van der Waals surface area contributed by atoms with Crippen LogP contribution in [0.1, 0.15) is 6.42 Å². The van der Waals surface area contributed by atoms with Crippen molar-refractivity contribution in [2.24, 2.45) is 5.92 Å². The minimum absolute atomic E-state index is 0.0117. The molecule has 2 amide bonds. The molecule has 0 spiro atoms. The van der Waals surface area contributed by atoms with Gasteiger partial charge in [0.15, 0.2) is 5.82 Å². The molecule has 2 saturated heterocycles. The number of benzene rings is 2. The van der Waals surface area contributed by atoms with Gasteiger partial charge in [0.1, 0.15) is 4.60 Å². The van der Waals surface area contributed by atoms with Gasteiger partial charge in [0.25, 0.3) is 0 Å². The Kier molecular flexibility index (Phi) is 7.25. The molecule has 0 bridgehead atoms. The van der Waals surface area contributed by atoms with E-state index in [2.05, 4.69) is 63.3 Å².